The molecule has 15 heavy (non-hydrogen) atoms. The summed E-state index contributed by atoms with van der Waals surface area (Å²) < 4.78 is 7.21. The predicted octanol–water partition coefficient (Wildman–Crippen LogP) is 2.55. The summed E-state index contributed by atoms with van der Waals surface area (Å²) >= 11 is 3.54. The molecule has 1 heterocycles. The van der Waals surface area contributed by atoms with E-state index >= 15 is 0 Å². The first-order chi connectivity index (χ1) is 7.27. The van der Waals surface area contributed by atoms with Gasteiger partial charge >= 0.3 is 0 Å². The minimum absolute atomic E-state index is 0.308. The van der Waals surface area contributed by atoms with Crippen LogP contribution in [0, 0.1) is 0 Å². The fourth-order valence-corrected chi connectivity index (χ4v) is 1.39. The number of nitrogens with zero attached hydrogens (tertiary/aromatic N) is 3. The van der Waals surface area contributed by atoms with Gasteiger partial charge in [0.2, 0.25) is 0 Å². The molecule has 5 heteroatoms. The average molecular weight is 276 g/mol. The van der Waals surface area contributed by atoms with Crippen LogP contribution >= 0.6 is 15.9 Å². The van der Waals surface area contributed by atoms with Crippen LogP contribution in [0.2, 0.25) is 0 Å². The van der Waals surface area contributed by atoms with Gasteiger partial charge in [0.1, 0.15) is 0 Å². The Bertz CT molecular complexity index is 277. The number of hydrogen-bond acceptors (Lipinski definition) is 3. The van der Waals surface area contributed by atoms with Crippen molar-refractivity contribution in [3.63, 3.8) is 0 Å². The van der Waals surface area contributed by atoms with Gasteiger partial charge in [-0.15, -0.1) is 5.10 Å². The van der Waals surface area contributed by atoms with Crippen LogP contribution < -0.4 is 0 Å². The Hall–Kier alpha value is -0.420. The van der Waals surface area contributed by atoms with Gasteiger partial charge in [0, 0.05) is 12.8 Å². The molecule has 1 aromatic heterocycles. The third-order valence-electron chi connectivity index (χ3n) is 2.05. The second-order valence-corrected chi connectivity index (χ2v) is 4.50. The van der Waals surface area contributed by atoms with Crippen molar-refractivity contribution < 1.29 is 4.74 Å². The number of rotatable bonds is 7. The molecule has 0 aliphatic carbocycles. The largest absolute Gasteiger partial charge is 0.380 e. The summed E-state index contributed by atoms with van der Waals surface area (Å²) in [5.74, 6) is 0. The average Bonchev–Trinajstić information content (AvgIpc) is 2.72. The van der Waals surface area contributed by atoms with Gasteiger partial charge in [-0.3, -0.25) is 0 Å². The van der Waals surface area contributed by atoms with Crippen molar-refractivity contribution in [3.05, 3.63) is 11.9 Å². The Labute approximate surface area is 99.1 Å². The van der Waals surface area contributed by atoms with Crippen LogP contribution in [0.5, 0.6) is 0 Å². The predicted molar refractivity (Wildman–Crippen MR) is 63.1 cm³/mol. The van der Waals surface area contributed by atoms with Crippen LogP contribution in [-0.4, -0.2) is 28.2 Å². The molecular formula is C10H18BrN3O. The monoisotopic (exact) mass is 275 g/mol. The molecule has 0 saturated heterocycles. The Balaban J connectivity index is 2.33. The van der Waals surface area contributed by atoms with Gasteiger partial charge < -0.3 is 4.74 Å². The molecule has 0 aliphatic heterocycles. The highest BCUT2D eigenvalue weighted by atomic mass is 79.9. The van der Waals surface area contributed by atoms with E-state index in [0.29, 0.717) is 11.4 Å². The van der Waals surface area contributed by atoms with Crippen molar-refractivity contribution >= 4 is 15.9 Å². The molecule has 0 aromatic carbocycles. The second kappa shape index (κ2) is 6.95. The summed E-state index contributed by atoms with van der Waals surface area (Å²) in [7, 11) is 0. The molecule has 0 N–H and O–H groups in total. The lowest BCUT2D eigenvalue weighted by atomic mass is 10.3. The van der Waals surface area contributed by atoms with Crippen LogP contribution in [0.3, 0.4) is 0 Å². The van der Waals surface area contributed by atoms with E-state index in [1.807, 2.05) is 10.9 Å². The summed E-state index contributed by atoms with van der Waals surface area (Å²) in [6.07, 6.45) is 4.05. The van der Waals surface area contributed by atoms with Crippen LogP contribution in [-0.2, 0) is 11.3 Å². The molecular weight excluding hydrogens is 258 g/mol. The van der Waals surface area contributed by atoms with Crippen molar-refractivity contribution in [2.75, 3.05) is 13.2 Å². The highest BCUT2D eigenvalue weighted by Crippen LogP contribution is 2.23. The van der Waals surface area contributed by atoms with Crippen LogP contribution in [0.25, 0.3) is 0 Å². The number of aromatic nitrogens is 3. The molecule has 0 radical (unpaired) electrons. The molecule has 0 amide bonds. The number of hydrogen-bond donors (Lipinski definition) is 0. The maximum Gasteiger partial charge on any atom is 0.0963 e. The van der Waals surface area contributed by atoms with Crippen LogP contribution in [0.15, 0.2) is 6.20 Å². The summed E-state index contributed by atoms with van der Waals surface area (Å²) in [5, 5.41) is 8.14. The lowest BCUT2D eigenvalue weighted by Gasteiger charge is -2.02. The first-order valence-electron chi connectivity index (χ1n) is 5.39. The van der Waals surface area contributed by atoms with E-state index in [0.717, 1.165) is 31.7 Å². The third kappa shape index (κ3) is 4.30. The van der Waals surface area contributed by atoms with Crippen molar-refractivity contribution in [3.8, 4) is 0 Å². The Kier molecular flexibility index (Phi) is 5.86. The van der Waals surface area contributed by atoms with Gasteiger partial charge in [0.05, 0.1) is 23.7 Å². The third-order valence-corrected chi connectivity index (χ3v) is 3.17. The standard InChI is InChI=1S/C10H18BrN3O/c1-3-6-15-7-5-14-8-10(12-13-14)9(11)4-2/h8-9H,3-7H2,1-2H3. The van der Waals surface area contributed by atoms with Gasteiger partial charge in [-0.2, -0.15) is 0 Å². The maximum absolute atomic E-state index is 5.38. The van der Waals surface area contributed by atoms with Gasteiger partial charge in [0.25, 0.3) is 0 Å². The zero-order valence-electron chi connectivity index (χ0n) is 9.32. The van der Waals surface area contributed by atoms with Gasteiger partial charge in [-0.1, -0.05) is 35.0 Å². The van der Waals surface area contributed by atoms with Gasteiger partial charge in [0.15, 0.2) is 0 Å². The molecule has 1 unspecified atom stereocenters. The molecule has 0 saturated carbocycles. The number of alkyl halides is 1. The van der Waals surface area contributed by atoms with Gasteiger partial charge in [-0.25, -0.2) is 4.68 Å². The first-order valence-corrected chi connectivity index (χ1v) is 6.31. The fourth-order valence-electron chi connectivity index (χ4n) is 1.18. The zero-order valence-corrected chi connectivity index (χ0v) is 10.9. The SMILES string of the molecule is CCCOCCn1cc(C(Br)CC)nn1. The molecule has 86 valence electrons. The van der Waals surface area contributed by atoms with E-state index in [1.165, 1.54) is 0 Å². The van der Waals surface area contributed by atoms with Crippen molar-refractivity contribution in [1.29, 1.82) is 0 Å². The van der Waals surface area contributed by atoms with Crippen LogP contribution in [0.4, 0.5) is 0 Å². The molecule has 0 bridgehead atoms. The van der Waals surface area contributed by atoms with E-state index in [2.05, 4.69) is 40.1 Å². The maximum atomic E-state index is 5.38. The molecule has 1 rings (SSSR count). The van der Waals surface area contributed by atoms with Crippen molar-refractivity contribution in [1.82, 2.24) is 15.0 Å². The second-order valence-electron chi connectivity index (χ2n) is 3.39. The highest BCUT2D eigenvalue weighted by Gasteiger charge is 2.08. The molecule has 1 aromatic rings. The Morgan fingerprint density at radius 1 is 1.47 bits per heavy atom. The van der Waals surface area contributed by atoms with Crippen molar-refractivity contribution in [2.45, 2.75) is 38.1 Å². The minimum Gasteiger partial charge on any atom is -0.380 e. The lowest BCUT2D eigenvalue weighted by molar-refractivity contribution is 0.124. The molecule has 0 fully saturated rings. The Morgan fingerprint density at radius 3 is 2.93 bits per heavy atom. The highest BCUT2D eigenvalue weighted by molar-refractivity contribution is 9.09. The molecule has 0 spiro atoms. The smallest absolute Gasteiger partial charge is 0.0963 e. The first kappa shape index (κ1) is 12.6. The summed E-state index contributed by atoms with van der Waals surface area (Å²) in [5.41, 5.74) is 0.994. The van der Waals surface area contributed by atoms with E-state index in [1.54, 1.807) is 0 Å². The normalized spacial score (nSPS) is 13.0. The fraction of sp³-hybridized carbons (Fsp3) is 0.800. The van der Waals surface area contributed by atoms with Crippen molar-refractivity contribution in [2.24, 2.45) is 0 Å². The van der Waals surface area contributed by atoms with E-state index in [9.17, 15) is 0 Å². The zero-order chi connectivity index (χ0) is 11.1. The minimum atomic E-state index is 0.308. The van der Waals surface area contributed by atoms with E-state index < -0.39 is 0 Å². The summed E-state index contributed by atoms with van der Waals surface area (Å²) in [4.78, 5) is 0.308. The van der Waals surface area contributed by atoms with E-state index in [4.69, 9.17) is 4.74 Å². The molecule has 4 nitrogen and oxygen atoms in total. The Morgan fingerprint density at radius 2 is 2.27 bits per heavy atom. The quantitative estimate of drug-likeness (QED) is 0.567. The number of halogens is 1. The summed E-state index contributed by atoms with van der Waals surface area (Å²) in [6, 6.07) is 0. The van der Waals surface area contributed by atoms with E-state index in [-0.39, 0.29) is 0 Å². The van der Waals surface area contributed by atoms with Crippen LogP contribution in [0.1, 0.15) is 37.2 Å². The number of ether oxygens (including phenoxy) is 1. The summed E-state index contributed by atoms with van der Waals surface area (Å²) in [6.45, 7) is 6.51. The lowest BCUT2D eigenvalue weighted by Crippen LogP contribution is -2.07. The molecule has 1 atom stereocenters. The molecule has 0 aliphatic rings. The van der Waals surface area contributed by atoms with Gasteiger partial charge in [-0.05, 0) is 12.8 Å². The topological polar surface area (TPSA) is 39.9 Å².